The summed E-state index contributed by atoms with van der Waals surface area (Å²) in [5, 5.41) is 32.6. The number of carbonyl (C=O) groups excluding carboxylic acids is 1. The number of aliphatic hydroxyl groups excluding tert-OH is 1. The van der Waals surface area contributed by atoms with Gasteiger partial charge in [0, 0.05) is 11.8 Å². The van der Waals surface area contributed by atoms with Crippen LogP contribution in [0.5, 0.6) is 0 Å². The molecule has 6 nitrogen and oxygen atoms in total. The average Bonchev–Trinajstić information content (AvgIpc) is 3.07. The van der Waals surface area contributed by atoms with E-state index in [0.29, 0.717) is 12.0 Å². The molecule has 3 aromatic rings. The van der Waals surface area contributed by atoms with Gasteiger partial charge in [-0.05, 0) is 35.2 Å². The van der Waals surface area contributed by atoms with Gasteiger partial charge in [0.15, 0.2) is 0 Å². The van der Waals surface area contributed by atoms with Crippen LogP contribution in [0.3, 0.4) is 0 Å². The fraction of sp³-hybridized carbons (Fsp3) is 0.310. The number of hydrogen-bond donors (Lipinski definition) is 3. The van der Waals surface area contributed by atoms with Gasteiger partial charge in [0.1, 0.15) is 11.7 Å². The van der Waals surface area contributed by atoms with E-state index in [1.54, 1.807) is 42.5 Å². The summed E-state index contributed by atoms with van der Waals surface area (Å²) in [6.07, 6.45) is -2.14. The highest BCUT2D eigenvalue weighted by Gasteiger charge is 2.64. The first-order valence-corrected chi connectivity index (χ1v) is 11.8. The smallest absolute Gasteiger partial charge is 0.338 e. The molecule has 0 heterocycles. The molecule has 182 valence electrons. The summed E-state index contributed by atoms with van der Waals surface area (Å²) in [7, 11) is 0. The van der Waals surface area contributed by atoms with E-state index in [0.717, 1.165) is 11.1 Å². The molecule has 1 fully saturated rings. The lowest BCUT2D eigenvalue weighted by molar-refractivity contribution is -0.151. The highest BCUT2D eigenvalue weighted by atomic mass is 16.6. The van der Waals surface area contributed by atoms with Crippen LogP contribution in [0, 0.1) is 5.41 Å². The summed E-state index contributed by atoms with van der Waals surface area (Å²) in [6.45, 7) is 1.87. The number of carbonyl (C=O) groups is 2. The Kier molecular flexibility index (Phi) is 7.05. The van der Waals surface area contributed by atoms with E-state index in [-0.39, 0.29) is 18.4 Å². The minimum atomic E-state index is -1.73. The lowest BCUT2D eigenvalue weighted by Gasteiger charge is -2.40. The monoisotopic (exact) mass is 474 g/mol. The Balaban J connectivity index is 1.70. The van der Waals surface area contributed by atoms with Gasteiger partial charge in [-0.2, -0.15) is 0 Å². The second kappa shape index (κ2) is 10.0. The molecule has 3 aromatic carbocycles. The molecule has 4 atom stereocenters. The number of carboxylic acid groups (broad SMARTS) is 1. The fourth-order valence-electron chi connectivity index (χ4n) is 5.41. The molecule has 35 heavy (non-hydrogen) atoms. The summed E-state index contributed by atoms with van der Waals surface area (Å²) in [4.78, 5) is 25.2. The van der Waals surface area contributed by atoms with Crippen LogP contribution >= 0.6 is 0 Å². The fourth-order valence-corrected chi connectivity index (χ4v) is 5.41. The lowest BCUT2D eigenvalue weighted by atomic mass is 9.72. The predicted octanol–water partition coefficient (Wildman–Crippen LogP) is 4.79. The predicted molar refractivity (Wildman–Crippen MR) is 132 cm³/mol. The van der Waals surface area contributed by atoms with Crippen molar-refractivity contribution in [3.63, 3.8) is 0 Å². The Morgan fingerprint density at radius 1 is 0.914 bits per heavy atom. The van der Waals surface area contributed by atoms with Crippen molar-refractivity contribution < 1.29 is 29.6 Å². The van der Waals surface area contributed by atoms with Gasteiger partial charge in [0.25, 0.3) is 0 Å². The van der Waals surface area contributed by atoms with Crippen LogP contribution in [0.1, 0.15) is 48.5 Å². The zero-order valence-corrected chi connectivity index (χ0v) is 19.6. The number of ether oxygens (including phenoxy) is 1. The molecule has 0 aliphatic heterocycles. The van der Waals surface area contributed by atoms with Crippen molar-refractivity contribution in [1.82, 2.24) is 0 Å². The number of esters is 1. The third-order valence-electron chi connectivity index (χ3n) is 7.05. The zero-order valence-electron chi connectivity index (χ0n) is 19.6. The zero-order chi connectivity index (χ0) is 25.1. The van der Waals surface area contributed by atoms with Crippen molar-refractivity contribution in [2.75, 3.05) is 0 Å². The minimum Gasteiger partial charge on any atom is -0.481 e. The van der Waals surface area contributed by atoms with Crippen LogP contribution < -0.4 is 0 Å². The lowest BCUT2D eigenvalue weighted by Crippen LogP contribution is -2.49. The van der Waals surface area contributed by atoms with E-state index >= 15 is 0 Å². The quantitative estimate of drug-likeness (QED) is 0.406. The minimum absolute atomic E-state index is 0.130. The molecule has 1 aliphatic rings. The van der Waals surface area contributed by atoms with Crippen molar-refractivity contribution in [1.29, 1.82) is 0 Å². The van der Waals surface area contributed by atoms with Crippen LogP contribution in [0.4, 0.5) is 0 Å². The molecular weight excluding hydrogens is 444 g/mol. The molecule has 3 N–H and O–H groups in total. The van der Waals surface area contributed by atoms with Crippen LogP contribution in [0.15, 0.2) is 84.9 Å². The Labute approximate surface area is 204 Å². The Hall–Kier alpha value is -3.48. The van der Waals surface area contributed by atoms with E-state index in [2.05, 4.69) is 0 Å². The second-order valence-electron chi connectivity index (χ2n) is 9.29. The molecule has 4 rings (SSSR count). The summed E-state index contributed by atoms with van der Waals surface area (Å²) in [5.41, 5.74) is -0.365. The first-order chi connectivity index (χ1) is 16.8. The van der Waals surface area contributed by atoms with E-state index in [4.69, 9.17) is 4.74 Å². The maximum absolute atomic E-state index is 13.3. The highest BCUT2D eigenvalue weighted by molar-refractivity contribution is 5.90. The normalized spacial score (nSPS) is 25.8. The van der Waals surface area contributed by atoms with Gasteiger partial charge < -0.3 is 20.1 Å². The molecule has 1 saturated carbocycles. The van der Waals surface area contributed by atoms with Gasteiger partial charge in [0.2, 0.25) is 0 Å². The molecule has 0 spiro atoms. The molecule has 6 heteroatoms. The largest absolute Gasteiger partial charge is 0.481 e. The van der Waals surface area contributed by atoms with E-state index in [1.807, 2.05) is 49.4 Å². The third-order valence-corrected chi connectivity index (χ3v) is 7.05. The standard InChI is InChI=1S/C29H30O6/c1-2-17-28(19-25(31)32)24(30)18-29(34,23-11-7-4-8-12-23)27(28)35-26(33)22-15-13-21(14-16-22)20-9-5-3-6-10-20/h3-16,24,27,30,34H,2,17-19H2,1H3,(H,31,32)/t24-,27+,28-,29+/m0/s1. The second-order valence-corrected chi connectivity index (χ2v) is 9.29. The molecule has 0 amide bonds. The van der Waals surface area contributed by atoms with Crippen molar-refractivity contribution in [2.24, 2.45) is 5.41 Å². The summed E-state index contributed by atoms with van der Waals surface area (Å²) >= 11 is 0. The van der Waals surface area contributed by atoms with E-state index < -0.39 is 41.6 Å². The molecule has 0 radical (unpaired) electrons. The number of rotatable bonds is 8. The number of hydrogen-bond acceptors (Lipinski definition) is 5. The van der Waals surface area contributed by atoms with Crippen molar-refractivity contribution in [3.8, 4) is 11.1 Å². The first kappa shape index (κ1) is 24.6. The van der Waals surface area contributed by atoms with Crippen LogP contribution in [0.2, 0.25) is 0 Å². The van der Waals surface area contributed by atoms with Gasteiger partial charge in [0.05, 0.1) is 18.1 Å². The molecule has 0 unspecified atom stereocenters. The number of carboxylic acids is 1. The van der Waals surface area contributed by atoms with E-state index in [9.17, 15) is 24.9 Å². The van der Waals surface area contributed by atoms with Crippen molar-refractivity contribution in [2.45, 2.75) is 50.4 Å². The number of aliphatic hydroxyl groups is 2. The molecule has 0 aromatic heterocycles. The third kappa shape index (κ3) is 4.72. The maximum atomic E-state index is 13.3. The SMILES string of the molecule is CCC[C@@]1(CC(=O)O)[C@@H](OC(=O)c2ccc(-c3ccccc3)cc2)[C@](O)(c2ccccc2)C[C@@H]1O. The summed E-state index contributed by atoms with van der Waals surface area (Å²) in [6, 6.07) is 25.4. The highest BCUT2D eigenvalue weighted by Crippen LogP contribution is 2.55. The van der Waals surface area contributed by atoms with E-state index in [1.165, 1.54) is 0 Å². The molecular formula is C29H30O6. The average molecular weight is 475 g/mol. The summed E-state index contributed by atoms with van der Waals surface area (Å²) in [5.74, 6) is -1.80. The topological polar surface area (TPSA) is 104 Å². The number of aliphatic carboxylic acids is 1. The van der Waals surface area contributed by atoms with Crippen LogP contribution in [-0.2, 0) is 15.1 Å². The molecule has 0 saturated heterocycles. The number of benzene rings is 3. The van der Waals surface area contributed by atoms with Crippen LogP contribution in [-0.4, -0.2) is 39.5 Å². The van der Waals surface area contributed by atoms with Gasteiger partial charge in [-0.15, -0.1) is 0 Å². The first-order valence-electron chi connectivity index (χ1n) is 11.8. The van der Waals surface area contributed by atoms with Gasteiger partial charge in [-0.25, -0.2) is 4.79 Å². The maximum Gasteiger partial charge on any atom is 0.338 e. The Bertz CT molecular complexity index is 1160. The van der Waals surface area contributed by atoms with Crippen molar-refractivity contribution >= 4 is 11.9 Å². The van der Waals surface area contributed by atoms with Crippen molar-refractivity contribution in [3.05, 3.63) is 96.1 Å². The van der Waals surface area contributed by atoms with Gasteiger partial charge in [-0.1, -0.05) is 86.1 Å². The molecule has 1 aliphatic carbocycles. The summed E-state index contributed by atoms with van der Waals surface area (Å²) < 4.78 is 5.94. The van der Waals surface area contributed by atoms with Crippen LogP contribution in [0.25, 0.3) is 11.1 Å². The molecule has 0 bridgehead atoms. The Morgan fingerprint density at radius 2 is 1.49 bits per heavy atom. The van der Waals surface area contributed by atoms with Gasteiger partial charge in [-0.3, -0.25) is 4.79 Å². The van der Waals surface area contributed by atoms with Gasteiger partial charge >= 0.3 is 11.9 Å². The Morgan fingerprint density at radius 3 is 2.06 bits per heavy atom.